The van der Waals surface area contributed by atoms with Crippen molar-refractivity contribution in [1.82, 2.24) is 15.5 Å². The van der Waals surface area contributed by atoms with Gasteiger partial charge in [-0.3, -0.25) is 9.59 Å². The third kappa shape index (κ3) is 5.09. The number of fused-ring (bicyclic) bond motifs is 1. The maximum atomic E-state index is 12.8. The number of benzene rings is 1. The van der Waals surface area contributed by atoms with Gasteiger partial charge < -0.3 is 25.1 Å². The highest BCUT2D eigenvalue weighted by Gasteiger charge is 2.36. The maximum Gasteiger partial charge on any atom is 0.407 e. The van der Waals surface area contributed by atoms with Crippen LogP contribution in [0.5, 0.6) is 0 Å². The smallest absolute Gasteiger partial charge is 0.407 e. The van der Waals surface area contributed by atoms with Gasteiger partial charge in [-0.25, -0.2) is 4.79 Å². The highest BCUT2D eigenvalue weighted by atomic mass is 16.6. The van der Waals surface area contributed by atoms with Crippen molar-refractivity contribution in [3.05, 3.63) is 34.9 Å². The van der Waals surface area contributed by atoms with E-state index in [0.29, 0.717) is 5.56 Å². The molecule has 0 saturated carbocycles. The topological polar surface area (TPSA) is 105 Å². The maximum absolute atomic E-state index is 12.8. The van der Waals surface area contributed by atoms with Crippen molar-refractivity contribution >= 4 is 24.2 Å². The predicted molar refractivity (Wildman–Crippen MR) is 103 cm³/mol. The highest BCUT2D eigenvalue weighted by molar-refractivity contribution is 6.01. The van der Waals surface area contributed by atoms with Gasteiger partial charge in [0.15, 0.2) is 0 Å². The van der Waals surface area contributed by atoms with E-state index < -0.39 is 17.7 Å². The number of rotatable bonds is 7. The van der Waals surface area contributed by atoms with E-state index in [2.05, 4.69) is 10.6 Å². The summed E-state index contributed by atoms with van der Waals surface area (Å²) in [4.78, 5) is 49.2. The summed E-state index contributed by atoms with van der Waals surface area (Å²) in [7, 11) is 1.50. The molecule has 0 aromatic heterocycles. The number of nitrogens with zero attached hydrogens (tertiary/aromatic N) is 1. The van der Waals surface area contributed by atoms with Crippen LogP contribution in [0.1, 0.15) is 55.1 Å². The van der Waals surface area contributed by atoms with Crippen molar-refractivity contribution in [2.75, 3.05) is 7.05 Å². The van der Waals surface area contributed by atoms with Gasteiger partial charge in [0.05, 0.1) is 0 Å². The molecule has 1 atom stereocenters. The highest BCUT2D eigenvalue weighted by Crippen LogP contribution is 2.29. The van der Waals surface area contributed by atoms with Crippen LogP contribution in [-0.2, 0) is 27.4 Å². The molecule has 28 heavy (non-hydrogen) atoms. The molecular formula is C20H27N3O5. The molecule has 8 heteroatoms. The first-order chi connectivity index (χ1) is 13.2. The standard InChI is InChI=1S/C20H27N3O5/c1-20(2,3)28-19(27)22-11-13-7-5-8-14-15(13)12-23(18(14)26)16(9-6-10-24)17(25)21-4/h5,7-8,10,16H,6,9,11-12H2,1-4H3,(H,21,25)(H,22,27). The average Bonchev–Trinajstić information content (AvgIpc) is 2.96. The Balaban J connectivity index is 2.18. The molecule has 152 valence electrons. The summed E-state index contributed by atoms with van der Waals surface area (Å²) in [5.74, 6) is -0.565. The van der Waals surface area contributed by atoms with Gasteiger partial charge in [-0.1, -0.05) is 12.1 Å². The summed E-state index contributed by atoms with van der Waals surface area (Å²) in [5, 5.41) is 5.25. The number of carbonyl (C=O) groups is 4. The molecule has 1 aliphatic heterocycles. The fraction of sp³-hybridized carbons (Fsp3) is 0.500. The Morgan fingerprint density at radius 3 is 2.64 bits per heavy atom. The number of amides is 3. The summed E-state index contributed by atoms with van der Waals surface area (Å²) >= 11 is 0. The molecular weight excluding hydrogens is 362 g/mol. The largest absolute Gasteiger partial charge is 0.444 e. The summed E-state index contributed by atoms with van der Waals surface area (Å²) in [6.07, 6.45) is 0.639. The molecule has 3 amide bonds. The molecule has 1 aliphatic rings. The number of carbonyl (C=O) groups excluding carboxylic acids is 4. The Morgan fingerprint density at radius 1 is 1.32 bits per heavy atom. The molecule has 0 bridgehead atoms. The third-order valence-electron chi connectivity index (χ3n) is 4.40. The van der Waals surface area contributed by atoms with Gasteiger partial charge in [0.25, 0.3) is 5.91 Å². The van der Waals surface area contributed by atoms with Gasteiger partial charge in [-0.15, -0.1) is 0 Å². The van der Waals surface area contributed by atoms with Crippen molar-refractivity contribution < 1.29 is 23.9 Å². The number of nitrogens with one attached hydrogen (secondary N) is 2. The second kappa shape index (κ2) is 8.86. The number of hydrogen-bond acceptors (Lipinski definition) is 5. The minimum Gasteiger partial charge on any atom is -0.444 e. The normalized spacial score (nSPS) is 14.3. The average molecular weight is 389 g/mol. The second-order valence-electron chi connectivity index (χ2n) is 7.61. The van der Waals surface area contributed by atoms with E-state index in [1.807, 2.05) is 6.07 Å². The number of alkyl carbamates (subject to hydrolysis) is 1. The zero-order chi connectivity index (χ0) is 20.9. The fourth-order valence-corrected chi connectivity index (χ4v) is 3.14. The van der Waals surface area contributed by atoms with Gasteiger partial charge in [0.2, 0.25) is 5.91 Å². The lowest BCUT2D eigenvalue weighted by Crippen LogP contribution is -2.46. The Hall–Kier alpha value is -2.90. The Kier molecular flexibility index (Phi) is 6.77. The zero-order valence-electron chi connectivity index (χ0n) is 16.7. The SMILES string of the molecule is CNC(=O)C(CCC=O)N1Cc2c(CNC(=O)OC(C)(C)C)cccc2C1=O. The summed E-state index contributed by atoms with van der Waals surface area (Å²) in [6, 6.07) is 4.55. The molecule has 1 unspecified atom stereocenters. The van der Waals surface area contributed by atoms with E-state index >= 15 is 0 Å². The van der Waals surface area contributed by atoms with Crippen LogP contribution in [0.3, 0.4) is 0 Å². The van der Waals surface area contributed by atoms with Crippen molar-refractivity contribution in [3.63, 3.8) is 0 Å². The molecule has 0 saturated heterocycles. The molecule has 1 heterocycles. The molecule has 1 aromatic carbocycles. The Bertz CT molecular complexity index is 770. The Morgan fingerprint density at radius 2 is 2.04 bits per heavy atom. The summed E-state index contributed by atoms with van der Waals surface area (Å²) in [6.45, 7) is 5.79. The number of aldehydes is 1. The number of ether oxygens (including phenoxy) is 1. The van der Waals surface area contributed by atoms with Crippen molar-refractivity contribution in [2.45, 2.75) is 58.3 Å². The minimum atomic E-state index is -0.721. The van der Waals surface area contributed by atoms with Gasteiger partial charge in [-0.2, -0.15) is 0 Å². The number of likely N-dealkylation sites (N-methyl/N-ethyl adjacent to an activating group) is 1. The number of hydrogen-bond donors (Lipinski definition) is 2. The van der Waals surface area contributed by atoms with Crippen molar-refractivity contribution in [2.24, 2.45) is 0 Å². The minimum absolute atomic E-state index is 0.186. The van der Waals surface area contributed by atoms with Gasteiger partial charge in [0, 0.05) is 32.1 Å². The summed E-state index contributed by atoms with van der Waals surface area (Å²) in [5.41, 5.74) is 1.45. The van der Waals surface area contributed by atoms with E-state index in [0.717, 1.165) is 17.4 Å². The quantitative estimate of drug-likeness (QED) is 0.692. The van der Waals surface area contributed by atoms with Gasteiger partial charge >= 0.3 is 6.09 Å². The van der Waals surface area contributed by atoms with Gasteiger partial charge in [0.1, 0.15) is 17.9 Å². The first-order valence-corrected chi connectivity index (χ1v) is 9.21. The summed E-state index contributed by atoms with van der Waals surface area (Å²) < 4.78 is 5.24. The van der Waals surface area contributed by atoms with E-state index in [1.54, 1.807) is 32.9 Å². The molecule has 0 spiro atoms. The zero-order valence-corrected chi connectivity index (χ0v) is 16.7. The molecule has 2 N–H and O–H groups in total. The van der Waals surface area contributed by atoms with Crippen LogP contribution in [0, 0.1) is 0 Å². The lowest BCUT2D eigenvalue weighted by Gasteiger charge is -2.26. The monoisotopic (exact) mass is 389 g/mol. The van der Waals surface area contributed by atoms with E-state index in [9.17, 15) is 19.2 Å². The lowest BCUT2D eigenvalue weighted by atomic mass is 10.0. The molecule has 0 aliphatic carbocycles. The van der Waals surface area contributed by atoms with Crippen LogP contribution >= 0.6 is 0 Å². The molecule has 8 nitrogen and oxygen atoms in total. The van der Waals surface area contributed by atoms with Crippen LogP contribution in [-0.4, -0.2) is 47.8 Å². The van der Waals surface area contributed by atoms with Crippen molar-refractivity contribution in [1.29, 1.82) is 0 Å². The molecule has 0 radical (unpaired) electrons. The molecule has 1 aromatic rings. The van der Waals surface area contributed by atoms with E-state index in [-0.39, 0.29) is 37.7 Å². The van der Waals surface area contributed by atoms with E-state index in [4.69, 9.17) is 4.74 Å². The second-order valence-corrected chi connectivity index (χ2v) is 7.61. The van der Waals surface area contributed by atoms with Crippen LogP contribution in [0.15, 0.2) is 18.2 Å². The van der Waals surface area contributed by atoms with Crippen molar-refractivity contribution in [3.8, 4) is 0 Å². The first-order valence-electron chi connectivity index (χ1n) is 9.21. The lowest BCUT2D eigenvalue weighted by molar-refractivity contribution is -0.125. The van der Waals surface area contributed by atoms with Crippen LogP contribution in [0.25, 0.3) is 0 Å². The molecule has 2 rings (SSSR count). The van der Waals surface area contributed by atoms with Crippen LogP contribution in [0.2, 0.25) is 0 Å². The van der Waals surface area contributed by atoms with E-state index in [1.165, 1.54) is 11.9 Å². The van der Waals surface area contributed by atoms with Crippen LogP contribution in [0.4, 0.5) is 4.79 Å². The predicted octanol–water partition coefficient (Wildman–Crippen LogP) is 1.76. The molecule has 0 fully saturated rings. The van der Waals surface area contributed by atoms with Gasteiger partial charge in [-0.05, 0) is 44.4 Å². The fourth-order valence-electron chi connectivity index (χ4n) is 3.14. The third-order valence-corrected chi connectivity index (χ3v) is 4.40. The Labute approximate surface area is 164 Å². The first kappa shape index (κ1) is 21.4. The van der Waals surface area contributed by atoms with Crippen LogP contribution < -0.4 is 10.6 Å².